The molecule has 1 unspecified atom stereocenters. The van der Waals surface area contributed by atoms with Crippen LogP contribution >= 0.6 is 0 Å². The molecule has 0 spiro atoms. The van der Waals surface area contributed by atoms with Gasteiger partial charge in [0.15, 0.2) is 0 Å². The summed E-state index contributed by atoms with van der Waals surface area (Å²) in [5.74, 6) is 1.88. The van der Waals surface area contributed by atoms with Crippen LogP contribution in [0, 0.1) is 12.8 Å². The highest BCUT2D eigenvalue weighted by atomic mass is 16.4. The van der Waals surface area contributed by atoms with Gasteiger partial charge >= 0.3 is 5.97 Å². The minimum Gasteiger partial charge on any atom is -0.481 e. The Hall–Kier alpha value is -1.85. The molecule has 1 atom stereocenters. The van der Waals surface area contributed by atoms with Crippen molar-refractivity contribution < 1.29 is 9.90 Å². The van der Waals surface area contributed by atoms with Gasteiger partial charge in [-0.25, -0.2) is 9.97 Å². The number of aliphatic carboxylic acids is 1. The van der Waals surface area contributed by atoms with Gasteiger partial charge < -0.3 is 15.3 Å². The molecule has 0 amide bonds. The predicted molar refractivity (Wildman–Crippen MR) is 68.9 cm³/mol. The quantitative estimate of drug-likeness (QED) is 0.834. The zero-order chi connectivity index (χ0) is 13.1. The molecule has 18 heavy (non-hydrogen) atoms. The van der Waals surface area contributed by atoms with Gasteiger partial charge in [-0.3, -0.25) is 4.79 Å². The minimum atomic E-state index is -0.725. The summed E-state index contributed by atoms with van der Waals surface area (Å²) in [6.07, 6.45) is 1.14. The van der Waals surface area contributed by atoms with Crippen LogP contribution < -0.4 is 10.2 Å². The Morgan fingerprint density at radius 3 is 3.06 bits per heavy atom. The van der Waals surface area contributed by atoms with E-state index in [-0.39, 0.29) is 12.3 Å². The van der Waals surface area contributed by atoms with Gasteiger partial charge in [0.25, 0.3) is 0 Å². The first-order valence-corrected chi connectivity index (χ1v) is 6.08. The number of carboxylic acid groups (broad SMARTS) is 1. The van der Waals surface area contributed by atoms with Crippen LogP contribution in [0.15, 0.2) is 6.07 Å². The molecule has 1 aliphatic rings. The third kappa shape index (κ3) is 2.88. The van der Waals surface area contributed by atoms with Crippen molar-refractivity contribution >= 4 is 17.6 Å². The largest absolute Gasteiger partial charge is 0.481 e. The number of hydrogen-bond acceptors (Lipinski definition) is 5. The predicted octanol–water partition coefficient (Wildman–Crippen LogP) is 1.13. The fraction of sp³-hybridized carbons (Fsp3) is 0.583. The van der Waals surface area contributed by atoms with E-state index in [2.05, 4.69) is 20.2 Å². The summed E-state index contributed by atoms with van der Waals surface area (Å²) >= 11 is 0. The molecule has 1 saturated heterocycles. The molecule has 1 aromatic rings. The average Bonchev–Trinajstić information content (AvgIpc) is 2.75. The van der Waals surface area contributed by atoms with Crippen molar-refractivity contribution in [2.24, 2.45) is 5.92 Å². The van der Waals surface area contributed by atoms with E-state index in [0.29, 0.717) is 0 Å². The normalized spacial score (nSPS) is 19.0. The molecular weight excluding hydrogens is 232 g/mol. The van der Waals surface area contributed by atoms with Crippen molar-refractivity contribution in [3.05, 3.63) is 11.9 Å². The lowest BCUT2D eigenvalue weighted by Gasteiger charge is -2.18. The van der Waals surface area contributed by atoms with Crippen LogP contribution in [0.1, 0.15) is 18.7 Å². The zero-order valence-corrected chi connectivity index (χ0v) is 10.7. The molecule has 1 aliphatic heterocycles. The molecule has 0 radical (unpaired) electrons. The summed E-state index contributed by atoms with van der Waals surface area (Å²) in [5.41, 5.74) is 0. The Morgan fingerprint density at radius 1 is 1.61 bits per heavy atom. The van der Waals surface area contributed by atoms with Gasteiger partial charge in [0.2, 0.25) is 0 Å². The molecule has 0 aromatic carbocycles. The van der Waals surface area contributed by atoms with Crippen molar-refractivity contribution in [1.82, 2.24) is 9.97 Å². The molecule has 0 aliphatic carbocycles. The van der Waals surface area contributed by atoms with Crippen molar-refractivity contribution in [2.75, 3.05) is 30.4 Å². The van der Waals surface area contributed by atoms with Crippen LogP contribution in [0.4, 0.5) is 11.6 Å². The number of nitrogens with zero attached hydrogens (tertiary/aromatic N) is 3. The second-order valence-electron chi connectivity index (χ2n) is 4.61. The average molecular weight is 250 g/mol. The van der Waals surface area contributed by atoms with Crippen molar-refractivity contribution in [3.63, 3.8) is 0 Å². The highest BCUT2D eigenvalue weighted by Crippen LogP contribution is 2.25. The number of carboxylic acids is 1. The Kier molecular flexibility index (Phi) is 3.64. The van der Waals surface area contributed by atoms with Crippen LogP contribution in [0.3, 0.4) is 0 Å². The lowest BCUT2D eigenvalue weighted by atomic mass is 10.1. The van der Waals surface area contributed by atoms with E-state index in [1.165, 1.54) is 0 Å². The van der Waals surface area contributed by atoms with E-state index in [4.69, 9.17) is 5.11 Å². The fourth-order valence-corrected chi connectivity index (χ4v) is 2.30. The Balaban J connectivity index is 2.09. The van der Waals surface area contributed by atoms with Crippen LogP contribution in [0.25, 0.3) is 0 Å². The van der Waals surface area contributed by atoms with Gasteiger partial charge in [-0.1, -0.05) is 0 Å². The van der Waals surface area contributed by atoms with Crippen LogP contribution in [0.5, 0.6) is 0 Å². The van der Waals surface area contributed by atoms with Crippen molar-refractivity contribution in [3.8, 4) is 0 Å². The number of carbonyl (C=O) groups is 1. The van der Waals surface area contributed by atoms with Gasteiger partial charge in [0, 0.05) is 32.6 Å². The summed E-state index contributed by atoms with van der Waals surface area (Å²) in [6.45, 7) is 3.47. The number of nitrogens with one attached hydrogen (secondary N) is 1. The van der Waals surface area contributed by atoms with Gasteiger partial charge in [-0.05, 0) is 19.3 Å². The van der Waals surface area contributed by atoms with Crippen LogP contribution in [-0.2, 0) is 4.79 Å². The number of aromatic nitrogens is 2. The number of anilines is 2. The molecule has 98 valence electrons. The summed E-state index contributed by atoms with van der Waals surface area (Å²) in [6, 6.07) is 1.90. The summed E-state index contributed by atoms with van der Waals surface area (Å²) in [7, 11) is 1.82. The molecule has 6 nitrogen and oxygen atoms in total. The Labute approximate surface area is 106 Å². The third-order valence-electron chi connectivity index (χ3n) is 3.15. The third-order valence-corrected chi connectivity index (χ3v) is 3.15. The van der Waals surface area contributed by atoms with Gasteiger partial charge in [-0.2, -0.15) is 0 Å². The first-order chi connectivity index (χ1) is 8.58. The molecule has 0 saturated carbocycles. The fourth-order valence-electron chi connectivity index (χ4n) is 2.30. The second-order valence-corrected chi connectivity index (χ2v) is 4.61. The topological polar surface area (TPSA) is 78.4 Å². The monoisotopic (exact) mass is 250 g/mol. The van der Waals surface area contributed by atoms with Gasteiger partial charge in [0.1, 0.15) is 17.5 Å². The molecule has 1 fully saturated rings. The summed E-state index contributed by atoms with van der Waals surface area (Å²) in [5, 5.41) is 11.8. The molecule has 1 aromatic heterocycles. The summed E-state index contributed by atoms with van der Waals surface area (Å²) in [4.78, 5) is 21.5. The zero-order valence-electron chi connectivity index (χ0n) is 10.7. The SMILES string of the molecule is CNc1cc(N2CCC(CC(=O)O)C2)nc(C)n1. The van der Waals surface area contributed by atoms with Crippen molar-refractivity contribution in [1.29, 1.82) is 0 Å². The maximum Gasteiger partial charge on any atom is 0.303 e. The highest BCUT2D eigenvalue weighted by molar-refractivity contribution is 5.67. The van der Waals surface area contributed by atoms with E-state index >= 15 is 0 Å². The van der Waals surface area contributed by atoms with Gasteiger partial charge in [0.05, 0.1) is 0 Å². The van der Waals surface area contributed by atoms with Gasteiger partial charge in [-0.15, -0.1) is 0 Å². The summed E-state index contributed by atoms with van der Waals surface area (Å²) < 4.78 is 0. The molecule has 6 heteroatoms. The lowest BCUT2D eigenvalue weighted by molar-refractivity contribution is -0.137. The molecule has 2 heterocycles. The second kappa shape index (κ2) is 5.20. The number of aryl methyl sites for hydroxylation is 1. The Morgan fingerprint density at radius 2 is 2.39 bits per heavy atom. The maximum absolute atomic E-state index is 10.7. The standard InChI is InChI=1S/C12H18N4O2/c1-8-14-10(13-2)6-11(15-8)16-4-3-9(7-16)5-12(17)18/h6,9H,3-5,7H2,1-2H3,(H,17,18)(H,13,14,15). The highest BCUT2D eigenvalue weighted by Gasteiger charge is 2.25. The Bertz CT molecular complexity index is 450. The lowest BCUT2D eigenvalue weighted by Crippen LogP contribution is -2.22. The van der Waals surface area contributed by atoms with E-state index in [0.717, 1.165) is 37.0 Å². The smallest absolute Gasteiger partial charge is 0.303 e. The van der Waals surface area contributed by atoms with E-state index in [1.54, 1.807) is 0 Å². The molecule has 2 rings (SSSR count). The maximum atomic E-state index is 10.7. The molecule has 2 N–H and O–H groups in total. The van der Waals surface area contributed by atoms with E-state index in [9.17, 15) is 4.79 Å². The first kappa shape index (κ1) is 12.6. The minimum absolute atomic E-state index is 0.218. The van der Waals surface area contributed by atoms with Crippen LogP contribution in [-0.4, -0.2) is 41.2 Å². The molecule has 0 bridgehead atoms. The van der Waals surface area contributed by atoms with E-state index < -0.39 is 5.97 Å². The van der Waals surface area contributed by atoms with Crippen LogP contribution in [0.2, 0.25) is 0 Å². The number of rotatable bonds is 4. The molecular formula is C12H18N4O2. The van der Waals surface area contributed by atoms with Crippen molar-refractivity contribution in [2.45, 2.75) is 19.8 Å². The first-order valence-electron chi connectivity index (χ1n) is 6.08. The number of hydrogen-bond donors (Lipinski definition) is 2. The van der Waals surface area contributed by atoms with E-state index in [1.807, 2.05) is 20.0 Å².